The number of halogens is 2. The van der Waals surface area contributed by atoms with Crippen LogP contribution in [0.15, 0.2) is 53.3 Å². The number of carbonyl (C=O) groups is 3. The monoisotopic (exact) mass is 581 g/mol. The maximum absolute atomic E-state index is 15.0. The summed E-state index contributed by atoms with van der Waals surface area (Å²) in [6.07, 6.45) is 3.01. The van der Waals surface area contributed by atoms with Crippen LogP contribution in [0.1, 0.15) is 61.1 Å². The maximum Gasteiger partial charge on any atom is 0.251 e. The molecule has 11 heteroatoms. The molecule has 1 aliphatic heterocycles. The molecule has 0 bridgehead atoms. The molecule has 41 heavy (non-hydrogen) atoms. The first kappa shape index (κ1) is 31.3. The number of benzene rings is 2. The fourth-order valence-electron chi connectivity index (χ4n) is 4.94. The lowest BCUT2D eigenvalue weighted by atomic mass is 9.84. The van der Waals surface area contributed by atoms with Gasteiger partial charge in [-0.3, -0.25) is 14.4 Å². The van der Waals surface area contributed by atoms with Crippen LogP contribution in [-0.4, -0.2) is 48.3 Å². The minimum Gasteiger partial charge on any atom is -0.450 e. The van der Waals surface area contributed by atoms with E-state index >= 15 is 0 Å². The minimum atomic E-state index is -0.853. The molecule has 0 aliphatic carbocycles. The number of hydrogen-bond donors (Lipinski definition) is 2. The molecule has 216 valence electrons. The van der Waals surface area contributed by atoms with Crippen LogP contribution in [0.5, 0.6) is 5.75 Å². The Morgan fingerprint density at radius 2 is 2.02 bits per heavy atom. The highest BCUT2D eigenvalue weighted by Crippen LogP contribution is 2.43. The number of nitrogens with zero attached hydrogens (tertiary/aromatic N) is 3. The number of aldehydes is 1. The van der Waals surface area contributed by atoms with Crippen molar-refractivity contribution >= 4 is 35.4 Å². The van der Waals surface area contributed by atoms with Crippen molar-refractivity contribution in [3.05, 3.63) is 75.8 Å². The van der Waals surface area contributed by atoms with E-state index in [1.807, 2.05) is 6.07 Å². The Morgan fingerprint density at radius 1 is 1.29 bits per heavy atom. The average molecular weight is 582 g/mol. The highest BCUT2D eigenvalue weighted by Gasteiger charge is 2.45. The van der Waals surface area contributed by atoms with E-state index in [9.17, 15) is 24.0 Å². The quantitative estimate of drug-likeness (QED) is 0.136. The van der Waals surface area contributed by atoms with Crippen LogP contribution < -0.4 is 15.5 Å². The number of hydrazone groups is 1. The van der Waals surface area contributed by atoms with Crippen LogP contribution in [-0.2, 0) is 9.59 Å². The highest BCUT2D eigenvalue weighted by molar-refractivity contribution is 6.30. The van der Waals surface area contributed by atoms with Crippen molar-refractivity contribution in [3.8, 4) is 11.8 Å². The Kier molecular flexibility index (Phi) is 10.2. The van der Waals surface area contributed by atoms with Gasteiger partial charge in [-0.05, 0) is 75.9 Å². The number of rotatable bonds is 10. The Bertz CT molecular complexity index is 1410. The van der Waals surface area contributed by atoms with Gasteiger partial charge < -0.3 is 20.4 Å². The second-order valence-corrected chi connectivity index (χ2v) is 10.8. The zero-order valence-electron chi connectivity index (χ0n) is 23.6. The normalized spacial score (nSPS) is 17.6. The van der Waals surface area contributed by atoms with Gasteiger partial charge in [0.1, 0.15) is 0 Å². The van der Waals surface area contributed by atoms with Gasteiger partial charge in [-0.2, -0.15) is 10.4 Å². The van der Waals surface area contributed by atoms with Crippen molar-refractivity contribution in [1.29, 1.82) is 5.26 Å². The van der Waals surface area contributed by atoms with Crippen molar-refractivity contribution in [2.24, 2.45) is 10.5 Å². The molecule has 1 heterocycles. The van der Waals surface area contributed by atoms with Crippen LogP contribution in [0.3, 0.4) is 0 Å². The van der Waals surface area contributed by atoms with E-state index in [1.54, 1.807) is 50.9 Å². The standard InChI is InChI=1S/C30H33ClFN5O4/c1-18-11-21(14-24(32)28(18)41-23(16-38)12-19(2)36-34-5)29(40)35-15-27(39)37-25(20-7-6-8-22(31)13-20)9-10-26(37)30(3,4)17-33/h6-8,11-14,16,25-26,34H,9-10,15H2,1-5H3,(H,35,40)/b23-12+,36-19-. The zero-order valence-corrected chi connectivity index (χ0v) is 24.4. The van der Waals surface area contributed by atoms with Gasteiger partial charge in [-0.1, -0.05) is 23.7 Å². The van der Waals surface area contributed by atoms with E-state index < -0.39 is 17.1 Å². The molecule has 2 unspecified atom stereocenters. The topological polar surface area (TPSA) is 124 Å². The Morgan fingerprint density at radius 3 is 2.63 bits per heavy atom. The van der Waals surface area contributed by atoms with Crippen molar-refractivity contribution in [2.45, 2.75) is 52.6 Å². The van der Waals surface area contributed by atoms with E-state index in [2.05, 4.69) is 21.9 Å². The summed E-state index contributed by atoms with van der Waals surface area (Å²) >= 11 is 6.20. The molecule has 0 aromatic heterocycles. The third kappa shape index (κ3) is 7.50. The number of likely N-dealkylation sites (tertiary alicyclic amines) is 1. The van der Waals surface area contributed by atoms with Gasteiger partial charge in [0.25, 0.3) is 5.91 Å². The third-order valence-corrected chi connectivity index (χ3v) is 7.13. The van der Waals surface area contributed by atoms with Crippen molar-refractivity contribution in [1.82, 2.24) is 15.6 Å². The zero-order chi connectivity index (χ0) is 30.3. The number of allylic oxidation sites excluding steroid dienone is 2. The Hall–Kier alpha value is -4.23. The molecule has 1 saturated heterocycles. The second kappa shape index (κ2) is 13.4. The number of nitrogens with one attached hydrogen (secondary N) is 2. The van der Waals surface area contributed by atoms with Gasteiger partial charge in [0, 0.05) is 23.7 Å². The largest absolute Gasteiger partial charge is 0.450 e. The SMILES string of the molecule is CN/N=C(C)\C=C(/C=O)Oc1c(C)cc(C(=O)NCC(=O)N2C(c3cccc(Cl)c3)CCC2C(C)(C)C#N)cc1F. The number of carbonyl (C=O) groups excluding carboxylic acids is 3. The summed E-state index contributed by atoms with van der Waals surface area (Å²) in [4.78, 5) is 39.6. The first-order valence-electron chi connectivity index (χ1n) is 13.0. The summed E-state index contributed by atoms with van der Waals surface area (Å²) in [5.41, 5.74) is 3.28. The average Bonchev–Trinajstić information content (AvgIpc) is 3.39. The predicted octanol–water partition coefficient (Wildman–Crippen LogP) is 4.86. The van der Waals surface area contributed by atoms with Crippen LogP contribution >= 0.6 is 11.6 Å². The van der Waals surface area contributed by atoms with Crippen LogP contribution in [0.2, 0.25) is 5.02 Å². The summed E-state index contributed by atoms with van der Waals surface area (Å²) in [6, 6.07) is 11.2. The second-order valence-electron chi connectivity index (χ2n) is 10.3. The first-order chi connectivity index (χ1) is 19.4. The molecular weight excluding hydrogens is 549 g/mol. The molecule has 3 rings (SSSR count). The van der Waals surface area contributed by atoms with Gasteiger partial charge in [0.2, 0.25) is 5.91 Å². The molecule has 1 fully saturated rings. The molecular formula is C30H33ClFN5O4. The fraction of sp³-hybridized carbons (Fsp3) is 0.367. The van der Waals surface area contributed by atoms with E-state index in [4.69, 9.17) is 16.3 Å². The summed E-state index contributed by atoms with van der Waals surface area (Å²) in [5.74, 6) is -2.26. The van der Waals surface area contributed by atoms with Crippen molar-refractivity contribution in [3.63, 3.8) is 0 Å². The van der Waals surface area contributed by atoms with E-state index in [-0.39, 0.29) is 47.2 Å². The Labute approximate surface area is 244 Å². The molecule has 0 spiro atoms. The van der Waals surface area contributed by atoms with Crippen LogP contribution in [0.4, 0.5) is 4.39 Å². The smallest absolute Gasteiger partial charge is 0.251 e. The minimum absolute atomic E-state index is 0.0218. The van der Waals surface area contributed by atoms with Gasteiger partial charge in [-0.15, -0.1) is 0 Å². The summed E-state index contributed by atoms with van der Waals surface area (Å²) in [7, 11) is 1.59. The third-order valence-electron chi connectivity index (χ3n) is 6.89. The molecule has 2 N–H and O–H groups in total. The van der Waals surface area contributed by atoms with Gasteiger partial charge in [0.15, 0.2) is 23.6 Å². The van der Waals surface area contributed by atoms with Gasteiger partial charge in [0.05, 0.1) is 35.8 Å². The molecule has 2 amide bonds. The first-order valence-corrected chi connectivity index (χ1v) is 13.4. The number of ether oxygens (including phenoxy) is 1. The van der Waals surface area contributed by atoms with Gasteiger partial charge >= 0.3 is 0 Å². The van der Waals surface area contributed by atoms with Crippen molar-refractivity contribution < 1.29 is 23.5 Å². The summed E-state index contributed by atoms with van der Waals surface area (Å²) < 4.78 is 20.4. The van der Waals surface area contributed by atoms with Crippen LogP contribution in [0.25, 0.3) is 0 Å². The van der Waals surface area contributed by atoms with Crippen LogP contribution in [0, 0.1) is 29.5 Å². The number of aryl methyl sites for hydroxylation is 1. The maximum atomic E-state index is 15.0. The highest BCUT2D eigenvalue weighted by atomic mass is 35.5. The number of hydrogen-bond acceptors (Lipinski definition) is 7. The van der Waals surface area contributed by atoms with E-state index in [0.717, 1.165) is 11.6 Å². The molecule has 0 radical (unpaired) electrons. The molecule has 1 aliphatic rings. The van der Waals surface area contributed by atoms with Gasteiger partial charge in [-0.25, -0.2) is 4.39 Å². The summed E-state index contributed by atoms with van der Waals surface area (Å²) in [6.45, 7) is 6.38. The molecule has 2 atom stereocenters. The molecule has 2 aromatic carbocycles. The molecule has 2 aromatic rings. The van der Waals surface area contributed by atoms with E-state index in [0.29, 0.717) is 29.9 Å². The predicted molar refractivity (Wildman–Crippen MR) is 154 cm³/mol. The lowest BCUT2D eigenvalue weighted by molar-refractivity contribution is -0.134. The fourth-order valence-corrected chi connectivity index (χ4v) is 5.14. The molecule has 9 nitrogen and oxygen atoms in total. The summed E-state index contributed by atoms with van der Waals surface area (Å²) in [5, 5.41) is 16.8. The number of amides is 2. The van der Waals surface area contributed by atoms with E-state index in [1.165, 1.54) is 19.1 Å². The lowest BCUT2D eigenvalue weighted by Gasteiger charge is -2.36. The van der Waals surface area contributed by atoms with Crippen molar-refractivity contribution in [2.75, 3.05) is 13.6 Å². The number of nitriles is 1. The Balaban J connectivity index is 1.79. The lowest BCUT2D eigenvalue weighted by Crippen LogP contribution is -2.48. The molecule has 0 saturated carbocycles.